The second-order valence-corrected chi connectivity index (χ2v) is 7.79. The second kappa shape index (κ2) is 8.12. The summed E-state index contributed by atoms with van der Waals surface area (Å²) >= 11 is 0. The lowest BCUT2D eigenvalue weighted by atomic mass is 10.2. The molecule has 3 aromatic rings. The van der Waals surface area contributed by atoms with Crippen LogP contribution in [0.2, 0.25) is 0 Å². The number of hydrogen-bond acceptors (Lipinski definition) is 4. The number of ether oxygens (including phenoxy) is 1. The molecule has 0 unspecified atom stereocenters. The summed E-state index contributed by atoms with van der Waals surface area (Å²) < 4.78 is 32.9. The van der Waals surface area contributed by atoms with Crippen molar-refractivity contribution in [1.82, 2.24) is 9.71 Å². The van der Waals surface area contributed by atoms with Crippen LogP contribution < -0.4 is 9.46 Å². The van der Waals surface area contributed by atoms with Crippen LogP contribution in [0.1, 0.15) is 16.7 Å². The summed E-state index contributed by atoms with van der Waals surface area (Å²) in [5.74, 6) is 1.06. The summed E-state index contributed by atoms with van der Waals surface area (Å²) in [6.45, 7) is 2.14. The predicted octanol–water partition coefficient (Wildman–Crippen LogP) is 3.80. The van der Waals surface area contributed by atoms with Crippen LogP contribution in [-0.2, 0) is 22.3 Å². The van der Waals surface area contributed by atoms with E-state index in [1.54, 1.807) is 24.4 Å². The summed E-state index contributed by atoms with van der Waals surface area (Å²) in [4.78, 5) is 4.11. The van der Waals surface area contributed by atoms with E-state index in [2.05, 4.69) is 9.71 Å². The first-order valence-electron chi connectivity index (χ1n) is 8.21. The number of sulfonamides is 1. The number of hydrogen-bond donors (Lipinski definition) is 1. The third-order valence-electron chi connectivity index (χ3n) is 3.69. The Labute approximate surface area is 153 Å². The highest BCUT2D eigenvalue weighted by Crippen LogP contribution is 2.20. The lowest BCUT2D eigenvalue weighted by molar-refractivity contribution is 0.462. The molecule has 1 N–H and O–H groups in total. The Kier molecular flexibility index (Phi) is 5.65. The van der Waals surface area contributed by atoms with Gasteiger partial charge in [0.1, 0.15) is 5.75 Å². The molecule has 26 heavy (non-hydrogen) atoms. The average Bonchev–Trinajstić information content (AvgIpc) is 2.61. The van der Waals surface area contributed by atoms with Crippen LogP contribution in [0.25, 0.3) is 0 Å². The van der Waals surface area contributed by atoms with E-state index in [1.165, 1.54) is 0 Å². The van der Waals surface area contributed by atoms with Crippen LogP contribution in [0, 0.1) is 6.92 Å². The molecule has 1 aromatic heterocycles. The van der Waals surface area contributed by atoms with Gasteiger partial charge in [0.15, 0.2) is 0 Å². The van der Waals surface area contributed by atoms with Gasteiger partial charge in [0.2, 0.25) is 15.9 Å². The smallest absolute Gasteiger partial charge is 0.219 e. The molecule has 0 atom stereocenters. The molecule has 3 rings (SSSR count). The molecule has 0 fully saturated rings. The maximum atomic E-state index is 12.3. The van der Waals surface area contributed by atoms with Crippen molar-refractivity contribution in [3.05, 3.63) is 89.6 Å². The first kappa shape index (κ1) is 18.1. The van der Waals surface area contributed by atoms with Gasteiger partial charge in [-0.05, 0) is 36.2 Å². The molecule has 0 aliphatic carbocycles. The highest BCUT2D eigenvalue weighted by Gasteiger charge is 2.11. The van der Waals surface area contributed by atoms with E-state index in [-0.39, 0.29) is 12.3 Å². The zero-order valence-corrected chi connectivity index (χ0v) is 15.2. The Balaban J connectivity index is 1.63. The zero-order valence-electron chi connectivity index (χ0n) is 14.4. The summed E-state index contributed by atoms with van der Waals surface area (Å²) in [5.41, 5.74) is 2.62. The number of aromatic nitrogens is 1. The van der Waals surface area contributed by atoms with Crippen molar-refractivity contribution >= 4 is 10.0 Å². The van der Waals surface area contributed by atoms with E-state index in [9.17, 15) is 8.42 Å². The number of aryl methyl sites for hydroxylation is 1. The minimum absolute atomic E-state index is 0.0429. The normalized spacial score (nSPS) is 11.3. The molecule has 0 radical (unpaired) electrons. The highest BCUT2D eigenvalue weighted by molar-refractivity contribution is 7.88. The number of benzene rings is 2. The van der Waals surface area contributed by atoms with Gasteiger partial charge in [-0.25, -0.2) is 18.1 Å². The lowest BCUT2D eigenvalue weighted by Crippen LogP contribution is -2.24. The third-order valence-corrected chi connectivity index (χ3v) is 4.99. The molecule has 0 amide bonds. The van der Waals surface area contributed by atoms with Crippen LogP contribution in [0.4, 0.5) is 0 Å². The fraction of sp³-hybridized carbons (Fsp3) is 0.150. The monoisotopic (exact) mass is 368 g/mol. The van der Waals surface area contributed by atoms with Gasteiger partial charge in [0.25, 0.3) is 0 Å². The molecule has 134 valence electrons. The quantitative estimate of drug-likeness (QED) is 0.689. The van der Waals surface area contributed by atoms with Crippen molar-refractivity contribution in [1.29, 1.82) is 0 Å². The molecule has 1 heterocycles. The molecule has 0 aliphatic rings. The summed E-state index contributed by atoms with van der Waals surface area (Å²) in [7, 11) is -3.42. The maximum Gasteiger partial charge on any atom is 0.219 e. The van der Waals surface area contributed by atoms with Gasteiger partial charge < -0.3 is 4.74 Å². The van der Waals surface area contributed by atoms with E-state index >= 15 is 0 Å². The molecular weight excluding hydrogens is 348 g/mol. The Morgan fingerprint density at radius 2 is 1.77 bits per heavy atom. The maximum absolute atomic E-state index is 12.3. The van der Waals surface area contributed by atoms with E-state index in [0.717, 1.165) is 16.7 Å². The number of rotatable bonds is 7. The Hall–Kier alpha value is -2.70. The standard InChI is InChI=1S/C20H20N2O3S/c1-16-6-4-8-18(12-16)15-26(23,24)22-14-17-7-5-9-19(13-17)25-20-10-2-3-11-21-20/h2-13,22H,14-15H2,1H3. The SMILES string of the molecule is Cc1cccc(CS(=O)(=O)NCc2cccc(Oc3ccccn3)c2)c1. The van der Waals surface area contributed by atoms with Crippen molar-refractivity contribution in [2.24, 2.45) is 0 Å². The Bertz CT molecular complexity index is 973. The van der Waals surface area contributed by atoms with Crippen LogP contribution in [-0.4, -0.2) is 13.4 Å². The topological polar surface area (TPSA) is 68.3 Å². The van der Waals surface area contributed by atoms with Gasteiger partial charge >= 0.3 is 0 Å². The second-order valence-electron chi connectivity index (χ2n) is 5.99. The van der Waals surface area contributed by atoms with Crippen molar-refractivity contribution in [2.45, 2.75) is 19.2 Å². The molecule has 0 saturated carbocycles. The number of nitrogens with one attached hydrogen (secondary N) is 1. The molecule has 0 aliphatic heterocycles. The van der Waals surface area contributed by atoms with E-state index in [1.807, 2.05) is 55.5 Å². The minimum atomic E-state index is -3.42. The lowest BCUT2D eigenvalue weighted by Gasteiger charge is -2.09. The molecule has 0 bridgehead atoms. The van der Waals surface area contributed by atoms with Gasteiger partial charge in [-0.3, -0.25) is 0 Å². The molecule has 5 nitrogen and oxygen atoms in total. The molecule has 6 heteroatoms. The first-order valence-corrected chi connectivity index (χ1v) is 9.86. The van der Waals surface area contributed by atoms with Gasteiger partial charge in [0, 0.05) is 18.8 Å². The zero-order chi connectivity index (χ0) is 18.4. The summed E-state index contributed by atoms with van der Waals surface area (Å²) in [6, 6.07) is 20.2. The van der Waals surface area contributed by atoms with E-state index in [0.29, 0.717) is 11.6 Å². The molecule has 0 saturated heterocycles. The van der Waals surface area contributed by atoms with Crippen LogP contribution in [0.3, 0.4) is 0 Å². The third kappa shape index (κ3) is 5.40. The molecule has 0 spiro atoms. The Morgan fingerprint density at radius 3 is 2.54 bits per heavy atom. The molecular formula is C20H20N2O3S. The van der Waals surface area contributed by atoms with Gasteiger partial charge in [0.05, 0.1) is 5.75 Å². The predicted molar refractivity (Wildman–Crippen MR) is 101 cm³/mol. The van der Waals surface area contributed by atoms with Gasteiger partial charge in [-0.2, -0.15) is 0 Å². The van der Waals surface area contributed by atoms with Crippen LogP contribution in [0.5, 0.6) is 11.6 Å². The van der Waals surface area contributed by atoms with E-state index < -0.39 is 10.0 Å². The highest BCUT2D eigenvalue weighted by atomic mass is 32.2. The van der Waals surface area contributed by atoms with Gasteiger partial charge in [-0.1, -0.05) is 48.0 Å². The van der Waals surface area contributed by atoms with Crippen LogP contribution in [0.15, 0.2) is 72.9 Å². The average molecular weight is 368 g/mol. The number of nitrogens with zero attached hydrogens (tertiary/aromatic N) is 1. The van der Waals surface area contributed by atoms with Crippen molar-refractivity contribution in [2.75, 3.05) is 0 Å². The summed E-state index contributed by atoms with van der Waals surface area (Å²) in [6.07, 6.45) is 1.65. The van der Waals surface area contributed by atoms with Crippen molar-refractivity contribution in [3.8, 4) is 11.6 Å². The fourth-order valence-electron chi connectivity index (χ4n) is 2.51. The largest absolute Gasteiger partial charge is 0.439 e. The van der Waals surface area contributed by atoms with Crippen molar-refractivity contribution in [3.63, 3.8) is 0 Å². The van der Waals surface area contributed by atoms with Crippen LogP contribution >= 0.6 is 0 Å². The minimum Gasteiger partial charge on any atom is -0.439 e. The number of pyridine rings is 1. The fourth-order valence-corrected chi connectivity index (χ4v) is 3.62. The Morgan fingerprint density at radius 1 is 0.962 bits per heavy atom. The van der Waals surface area contributed by atoms with Crippen molar-refractivity contribution < 1.29 is 13.2 Å². The molecule has 2 aromatic carbocycles. The van der Waals surface area contributed by atoms with E-state index in [4.69, 9.17) is 4.74 Å². The first-order chi connectivity index (χ1) is 12.5. The van der Waals surface area contributed by atoms with Gasteiger partial charge in [-0.15, -0.1) is 0 Å². The summed E-state index contributed by atoms with van der Waals surface area (Å²) in [5, 5.41) is 0.